The molecule has 0 atom stereocenters. The fourth-order valence-corrected chi connectivity index (χ4v) is 1.72. The van der Waals surface area contributed by atoms with Gasteiger partial charge in [-0.1, -0.05) is 11.6 Å². The smallest absolute Gasteiger partial charge is 0.259 e. The number of nitriles is 1. The summed E-state index contributed by atoms with van der Waals surface area (Å²) in [6.45, 7) is 1.70. The van der Waals surface area contributed by atoms with Crippen LogP contribution < -0.4 is 5.32 Å². The highest BCUT2D eigenvalue weighted by Crippen LogP contribution is 2.23. The lowest BCUT2D eigenvalue weighted by atomic mass is 10.2. The fourth-order valence-electron chi connectivity index (χ4n) is 1.50. The molecule has 90 valence electrons. The topological polar surface area (TPSA) is 66.0 Å². The number of hydrogen-bond donors (Lipinski definition) is 1. The monoisotopic (exact) mass is 260 g/mol. The number of nitrogens with zero attached hydrogens (tertiary/aromatic N) is 1. The maximum absolute atomic E-state index is 11.9. The van der Waals surface area contributed by atoms with Crippen molar-refractivity contribution >= 4 is 23.2 Å². The minimum Gasteiger partial charge on any atom is -0.469 e. The molecule has 0 saturated heterocycles. The van der Waals surface area contributed by atoms with Gasteiger partial charge in [-0.05, 0) is 31.2 Å². The van der Waals surface area contributed by atoms with Gasteiger partial charge in [-0.15, -0.1) is 0 Å². The Kier molecular flexibility index (Phi) is 3.35. The third-order valence-corrected chi connectivity index (χ3v) is 2.76. The number of rotatable bonds is 2. The van der Waals surface area contributed by atoms with Gasteiger partial charge in [0.2, 0.25) is 0 Å². The molecule has 18 heavy (non-hydrogen) atoms. The van der Waals surface area contributed by atoms with E-state index < -0.39 is 0 Å². The minimum atomic E-state index is -0.298. The molecule has 1 aromatic carbocycles. The van der Waals surface area contributed by atoms with Crippen LogP contribution in [0.4, 0.5) is 5.69 Å². The molecular weight excluding hydrogens is 252 g/mol. The lowest BCUT2D eigenvalue weighted by Gasteiger charge is -2.06. The standard InChI is InChI=1S/C13H9ClN2O2/c1-8-10(4-5-18-8)13(17)16-12-3-2-9(7-15)6-11(12)14/h2-6H,1H3,(H,16,17). The summed E-state index contributed by atoms with van der Waals surface area (Å²) in [6.07, 6.45) is 1.45. The maximum Gasteiger partial charge on any atom is 0.259 e. The van der Waals surface area contributed by atoms with E-state index in [0.717, 1.165) is 0 Å². The molecule has 0 radical (unpaired) electrons. The van der Waals surface area contributed by atoms with Crippen molar-refractivity contribution in [2.45, 2.75) is 6.92 Å². The van der Waals surface area contributed by atoms with Crippen LogP contribution in [0.15, 0.2) is 34.9 Å². The second kappa shape index (κ2) is 4.94. The number of furan rings is 1. The molecule has 0 saturated carbocycles. The van der Waals surface area contributed by atoms with Crippen LogP contribution in [0.5, 0.6) is 0 Å². The van der Waals surface area contributed by atoms with Gasteiger partial charge in [0.25, 0.3) is 5.91 Å². The SMILES string of the molecule is Cc1occc1C(=O)Nc1ccc(C#N)cc1Cl. The van der Waals surface area contributed by atoms with Gasteiger partial charge in [-0.25, -0.2) is 0 Å². The van der Waals surface area contributed by atoms with Crippen molar-refractivity contribution < 1.29 is 9.21 Å². The number of halogens is 1. The molecule has 0 spiro atoms. The van der Waals surface area contributed by atoms with Gasteiger partial charge in [0.05, 0.1) is 34.2 Å². The molecule has 1 N–H and O–H groups in total. The second-order valence-electron chi connectivity index (χ2n) is 3.65. The normalized spacial score (nSPS) is 9.83. The predicted octanol–water partition coefficient (Wildman–Crippen LogP) is 3.37. The van der Waals surface area contributed by atoms with E-state index in [1.807, 2.05) is 6.07 Å². The molecule has 1 heterocycles. The first-order chi connectivity index (χ1) is 8.61. The minimum absolute atomic E-state index is 0.298. The van der Waals surface area contributed by atoms with E-state index in [4.69, 9.17) is 21.3 Å². The molecule has 0 aliphatic heterocycles. The van der Waals surface area contributed by atoms with Crippen LogP contribution in [0.25, 0.3) is 0 Å². The largest absolute Gasteiger partial charge is 0.469 e. The summed E-state index contributed by atoms with van der Waals surface area (Å²) >= 11 is 5.96. The lowest BCUT2D eigenvalue weighted by Crippen LogP contribution is -2.12. The number of carbonyl (C=O) groups excluding carboxylic acids is 1. The van der Waals surface area contributed by atoms with Gasteiger partial charge in [0.15, 0.2) is 0 Å². The lowest BCUT2D eigenvalue weighted by molar-refractivity contribution is 0.102. The zero-order valence-electron chi connectivity index (χ0n) is 9.53. The fraction of sp³-hybridized carbons (Fsp3) is 0.0769. The van der Waals surface area contributed by atoms with Gasteiger partial charge >= 0.3 is 0 Å². The summed E-state index contributed by atoms with van der Waals surface area (Å²) in [5, 5.41) is 11.7. The molecule has 2 aromatic rings. The third kappa shape index (κ3) is 2.36. The Morgan fingerprint density at radius 2 is 2.22 bits per heavy atom. The molecule has 1 amide bonds. The Labute approximate surface area is 109 Å². The quantitative estimate of drug-likeness (QED) is 0.900. The van der Waals surface area contributed by atoms with Crippen LogP contribution in [0.2, 0.25) is 5.02 Å². The van der Waals surface area contributed by atoms with Gasteiger partial charge in [-0.2, -0.15) is 5.26 Å². The molecule has 0 fully saturated rings. The summed E-state index contributed by atoms with van der Waals surface area (Å²) in [5.74, 6) is 0.241. The van der Waals surface area contributed by atoms with E-state index in [9.17, 15) is 4.79 Å². The Morgan fingerprint density at radius 1 is 1.44 bits per heavy atom. The van der Waals surface area contributed by atoms with Crippen molar-refractivity contribution in [1.82, 2.24) is 0 Å². The number of hydrogen-bond acceptors (Lipinski definition) is 3. The van der Waals surface area contributed by atoms with Crippen LogP contribution in [0, 0.1) is 18.3 Å². The van der Waals surface area contributed by atoms with Crippen LogP contribution in [-0.2, 0) is 0 Å². The average Bonchev–Trinajstić information content (AvgIpc) is 2.78. The zero-order valence-corrected chi connectivity index (χ0v) is 10.3. The highest BCUT2D eigenvalue weighted by molar-refractivity contribution is 6.34. The zero-order chi connectivity index (χ0) is 13.1. The van der Waals surface area contributed by atoms with Crippen molar-refractivity contribution in [2.24, 2.45) is 0 Å². The third-order valence-electron chi connectivity index (χ3n) is 2.45. The van der Waals surface area contributed by atoms with Crippen LogP contribution in [0.1, 0.15) is 21.7 Å². The van der Waals surface area contributed by atoms with Gasteiger partial charge < -0.3 is 9.73 Å². The van der Waals surface area contributed by atoms with Crippen LogP contribution >= 0.6 is 11.6 Å². The number of amides is 1. The molecule has 0 unspecified atom stereocenters. The number of anilines is 1. The predicted molar refractivity (Wildman–Crippen MR) is 67.6 cm³/mol. The molecule has 0 aliphatic rings. The highest BCUT2D eigenvalue weighted by Gasteiger charge is 2.13. The Hall–Kier alpha value is -2.25. The number of aryl methyl sites for hydroxylation is 1. The van der Waals surface area contributed by atoms with E-state index >= 15 is 0 Å². The Balaban J connectivity index is 2.23. The molecule has 2 rings (SSSR count). The molecule has 0 bridgehead atoms. The summed E-state index contributed by atoms with van der Waals surface area (Å²) in [4.78, 5) is 11.9. The van der Waals surface area contributed by atoms with Crippen molar-refractivity contribution in [3.8, 4) is 6.07 Å². The molecular formula is C13H9ClN2O2. The molecule has 1 aromatic heterocycles. The van der Waals surface area contributed by atoms with Crippen molar-refractivity contribution in [1.29, 1.82) is 5.26 Å². The van der Waals surface area contributed by atoms with E-state index in [2.05, 4.69) is 5.32 Å². The first-order valence-corrected chi connectivity index (χ1v) is 5.54. The number of carbonyl (C=O) groups is 1. The van der Waals surface area contributed by atoms with E-state index in [-0.39, 0.29) is 5.91 Å². The molecule has 4 nitrogen and oxygen atoms in total. The van der Waals surface area contributed by atoms with Gasteiger partial charge in [0.1, 0.15) is 5.76 Å². The van der Waals surface area contributed by atoms with E-state index in [0.29, 0.717) is 27.6 Å². The van der Waals surface area contributed by atoms with Crippen molar-refractivity contribution in [3.05, 3.63) is 52.4 Å². The van der Waals surface area contributed by atoms with Crippen LogP contribution in [0.3, 0.4) is 0 Å². The summed E-state index contributed by atoms with van der Waals surface area (Å²) in [7, 11) is 0. The molecule has 5 heteroatoms. The van der Waals surface area contributed by atoms with Gasteiger partial charge in [0, 0.05) is 0 Å². The highest BCUT2D eigenvalue weighted by atomic mass is 35.5. The summed E-state index contributed by atoms with van der Waals surface area (Å²) in [5.41, 5.74) is 1.36. The summed E-state index contributed by atoms with van der Waals surface area (Å²) < 4.78 is 5.05. The Bertz CT molecular complexity index is 641. The Morgan fingerprint density at radius 3 is 2.78 bits per heavy atom. The maximum atomic E-state index is 11.9. The van der Waals surface area contributed by atoms with Crippen molar-refractivity contribution in [3.63, 3.8) is 0 Å². The number of benzene rings is 1. The number of nitrogens with one attached hydrogen (secondary N) is 1. The average molecular weight is 261 g/mol. The van der Waals surface area contributed by atoms with E-state index in [1.54, 1.807) is 25.1 Å². The molecule has 0 aliphatic carbocycles. The summed E-state index contributed by atoms with van der Waals surface area (Å²) in [6, 6.07) is 8.24. The second-order valence-corrected chi connectivity index (χ2v) is 4.06. The first-order valence-electron chi connectivity index (χ1n) is 5.17. The van der Waals surface area contributed by atoms with Gasteiger partial charge in [-0.3, -0.25) is 4.79 Å². The van der Waals surface area contributed by atoms with Crippen molar-refractivity contribution in [2.75, 3.05) is 5.32 Å². The van der Waals surface area contributed by atoms with Crippen LogP contribution in [-0.4, -0.2) is 5.91 Å². The van der Waals surface area contributed by atoms with E-state index in [1.165, 1.54) is 12.3 Å². The first kappa shape index (κ1) is 12.2.